The first-order chi connectivity index (χ1) is 12.1. The second-order valence-electron chi connectivity index (χ2n) is 5.66. The van der Waals surface area contributed by atoms with Gasteiger partial charge in [0.05, 0.1) is 0 Å². The molecule has 0 saturated carbocycles. The third kappa shape index (κ3) is 4.32. The van der Waals surface area contributed by atoms with E-state index < -0.39 is 0 Å². The predicted octanol–water partition coefficient (Wildman–Crippen LogP) is 4.56. The molecule has 0 atom stereocenters. The summed E-state index contributed by atoms with van der Waals surface area (Å²) in [5.74, 6) is -0.306. The maximum Gasteiger partial charge on any atom is 0.255 e. The van der Waals surface area contributed by atoms with Crippen LogP contribution in [0.4, 0.5) is 11.4 Å². The van der Waals surface area contributed by atoms with Crippen molar-refractivity contribution in [2.24, 2.45) is 0 Å². The fraction of sp³-hybridized carbons (Fsp3) is 0.0476. The maximum atomic E-state index is 12.5. The highest BCUT2D eigenvalue weighted by molar-refractivity contribution is 6.05. The minimum atomic E-state index is -0.176. The number of carbonyl (C=O) groups excluding carboxylic acids is 2. The SMILES string of the molecule is CC(=O)Nc1ccc(NC(=O)c2cccc(-c3ccccc3)c2)cc1. The molecule has 0 saturated heterocycles. The summed E-state index contributed by atoms with van der Waals surface area (Å²) in [7, 11) is 0. The Labute approximate surface area is 146 Å². The van der Waals surface area contributed by atoms with E-state index >= 15 is 0 Å². The largest absolute Gasteiger partial charge is 0.326 e. The average Bonchev–Trinajstić information content (AvgIpc) is 2.64. The standard InChI is InChI=1S/C21H18N2O2/c1-15(24)22-19-10-12-20(13-11-19)23-21(25)18-9-5-8-17(14-18)16-6-3-2-4-7-16/h2-14H,1H3,(H,22,24)(H,23,25). The quantitative estimate of drug-likeness (QED) is 0.736. The zero-order valence-electron chi connectivity index (χ0n) is 13.8. The topological polar surface area (TPSA) is 58.2 Å². The van der Waals surface area contributed by atoms with Crippen LogP contribution in [0, 0.1) is 0 Å². The zero-order chi connectivity index (χ0) is 17.6. The van der Waals surface area contributed by atoms with Crippen molar-refractivity contribution >= 4 is 23.2 Å². The molecule has 2 amide bonds. The minimum absolute atomic E-state index is 0.130. The molecule has 25 heavy (non-hydrogen) atoms. The van der Waals surface area contributed by atoms with Gasteiger partial charge in [-0.2, -0.15) is 0 Å². The van der Waals surface area contributed by atoms with Gasteiger partial charge in [0.25, 0.3) is 5.91 Å². The lowest BCUT2D eigenvalue weighted by Gasteiger charge is -2.08. The summed E-state index contributed by atoms with van der Waals surface area (Å²) in [6.07, 6.45) is 0. The molecule has 0 heterocycles. The molecule has 3 aromatic rings. The Balaban J connectivity index is 1.74. The van der Waals surface area contributed by atoms with Gasteiger partial charge in [-0.3, -0.25) is 9.59 Å². The fourth-order valence-corrected chi connectivity index (χ4v) is 2.51. The lowest BCUT2D eigenvalue weighted by atomic mass is 10.0. The van der Waals surface area contributed by atoms with Crippen LogP contribution in [-0.2, 0) is 4.79 Å². The Bertz CT molecular complexity index is 887. The highest BCUT2D eigenvalue weighted by Gasteiger charge is 2.08. The molecule has 0 aliphatic rings. The molecule has 0 bridgehead atoms. The van der Waals surface area contributed by atoms with Crippen molar-refractivity contribution in [3.05, 3.63) is 84.4 Å². The number of carbonyl (C=O) groups is 2. The number of benzene rings is 3. The molecular weight excluding hydrogens is 312 g/mol. The predicted molar refractivity (Wildman–Crippen MR) is 101 cm³/mol. The monoisotopic (exact) mass is 330 g/mol. The first kappa shape index (κ1) is 16.5. The van der Waals surface area contributed by atoms with Crippen molar-refractivity contribution in [2.45, 2.75) is 6.92 Å². The Hall–Kier alpha value is -3.40. The zero-order valence-corrected chi connectivity index (χ0v) is 13.8. The first-order valence-electron chi connectivity index (χ1n) is 7.96. The van der Waals surface area contributed by atoms with Crippen molar-refractivity contribution in [1.29, 1.82) is 0 Å². The number of rotatable bonds is 4. The van der Waals surface area contributed by atoms with Crippen LogP contribution in [0.25, 0.3) is 11.1 Å². The van der Waals surface area contributed by atoms with Crippen LogP contribution in [0.5, 0.6) is 0 Å². The molecule has 0 radical (unpaired) electrons. The first-order valence-corrected chi connectivity index (χ1v) is 7.96. The summed E-state index contributed by atoms with van der Waals surface area (Å²) < 4.78 is 0. The molecule has 4 nitrogen and oxygen atoms in total. The minimum Gasteiger partial charge on any atom is -0.326 e. The van der Waals surface area contributed by atoms with Gasteiger partial charge in [0, 0.05) is 23.9 Å². The van der Waals surface area contributed by atoms with Crippen LogP contribution in [0.3, 0.4) is 0 Å². The van der Waals surface area contributed by atoms with E-state index in [-0.39, 0.29) is 11.8 Å². The van der Waals surface area contributed by atoms with Gasteiger partial charge in [0.1, 0.15) is 0 Å². The molecule has 0 aliphatic heterocycles. The summed E-state index contributed by atoms with van der Waals surface area (Å²) in [5, 5.41) is 5.56. The molecule has 3 aromatic carbocycles. The smallest absolute Gasteiger partial charge is 0.255 e. The third-order valence-electron chi connectivity index (χ3n) is 3.70. The highest BCUT2D eigenvalue weighted by atomic mass is 16.2. The van der Waals surface area contributed by atoms with Crippen LogP contribution in [0.15, 0.2) is 78.9 Å². The van der Waals surface area contributed by atoms with Gasteiger partial charge in [-0.1, -0.05) is 42.5 Å². The van der Waals surface area contributed by atoms with E-state index in [0.29, 0.717) is 16.9 Å². The van der Waals surface area contributed by atoms with Crippen LogP contribution >= 0.6 is 0 Å². The van der Waals surface area contributed by atoms with Gasteiger partial charge >= 0.3 is 0 Å². The normalized spacial score (nSPS) is 10.1. The average molecular weight is 330 g/mol. The lowest BCUT2D eigenvalue weighted by Crippen LogP contribution is -2.12. The van der Waals surface area contributed by atoms with Crippen LogP contribution in [-0.4, -0.2) is 11.8 Å². The summed E-state index contributed by atoms with van der Waals surface area (Å²) in [6, 6.07) is 24.4. The molecule has 0 spiro atoms. The van der Waals surface area contributed by atoms with Gasteiger partial charge in [-0.25, -0.2) is 0 Å². The molecule has 124 valence electrons. The molecular formula is C21H18N2O2. The second-order valence-corrected chi connectivity index (χ2v) is 5.66. The Morgan fingerprint density at radius 3 is 1.92 bits per heavy atom. The Morgan fingerprint density at radius 2 is 1.28 bits per heavy atom. The second kappa shape index (κ2) is 7.45. The van der Waals surface area contributed by atoms with Gasteiger partial charge in [0.15, 0.2) is 0 Å². The van der Waals surface area contributed by atoms with E-state index in [1.54, 1.807) is 30.3 Å². The van der Waals surface area contributed by atoms with Crippen LogP contribution in [0.1, 0.15) is 17.3 Å². The van der Waals surface area contributed by atoms with Crippen molar-refractivity contribution in [3.8, 4) is 11.1 Å². The highest BCUT2D eigenvalue weighted by Crippen LogP contribution is 2.21. The van der Waals surface area contributed by atoms with Gasteiger partial charge in [-0.05, 0) is 47.5 Å². The van der Waals surface area contributed by atoms with Crippen molar-refractivity contribution in [1.82, 2.24) is 0 Å². The lowest BCUT2D eigenvalue weighted by molar-refractivity contribution is -0.114. The summed E-state index contributed by atoms with van der Waals surface area (Å²) >= 11 is 0. The summed E-state index contributed by atoms with van der Waals surface area (Å²) in [6.45, 7) is 1.45. The van der Waals surface area contributed by atoms with Gasteiger partial charge in [0.2, 0.25) is 5.91 Å². The van der Waals surface area contributed by atoms with E-state index in [1.807, 2.05) is 48.5 Å². The van der Waals surface area contributed by atoms with E-state index in [0.717, 1.165) is 11.1 Å². The van der Waals surface area contributed by atoms with Crippen molar-refractivity contribution < 1.29 is 9.59 Å². The molecule has 4 heteroatoms. The molecule has 0 fully saturated rings. The number of nitrogens with one attached hydrogen (secondary N) is 2. The fourth-order valence-electron chi connectivity index (χ4n) is 2.51. The number of amides is 2. The van der Waals surface area contributed by atoms with E-state index in [1.165, 1.54) is 6.92 Å². The Kier molecular flexibility index (Phi) is 4.90. The van der Waals surface area contributed by atoms with Crippen molar-refractivity contribution in [3.63, 3.8) is 0 Å². The molecule has 0 aliphatic carbocycles. The van der Waals surface area contributed by atoms with Gasteiger partial charge < -0.3 is 10.6 Å². The maximum absolute atomic E-state index is 12.5. The van der Waals surface area contributed by atoms with Crippen molar-refractivity contribution in [2.75, 3.05) is 10.6 Å². The molecule has 2 N–H and O–H groups in total. The number of anilines is 2. The third-order valence-corrected chi connectivity index (χ3v) is 3.70. The van der Waals surface area contributed by atoms with Gasteiger partial charge in [-0.15, -0.1) is 0 Å². The van der Waals surface area contributed by atoms with E-state index in [2.05, 4.69) is 10.6 Å². The summed E-state index contributed by atoms with van der Waals surface area (Å²) in [5.41, 5.74) is 4.01. The van der Waals surface area contributed by atoms with Crippen LogP contribution < -0.4 is 10.6 Å². The number of hydrogen-bond acceptors (Lipinski definition) is 2. The van der Waals surface area contributed by atoms with E-state index in [9.17, 15) is 9.59 Å². The number of hydrogen-bond donors (Lipinski definition) is 2. The Morgan fingerprint density at radius 1 is 0.680 bits per heavy atom. The molecule has 0 unspecified atom stereocenters. The van der Waals surface area contributed by atoms with E-state index in [4.69, 9.17) is 0 Å². The summed E-state index contributed by atoms with van der Waals surface area (Å²) in [4.78, 5) is 23.5. The molecule has 0 aromatic heterocycles. The molecule has 3 rings (SSSR count). The van der Waals surface area contributed by atoms with Crippen LogP contribution in [0.2, 0.25) is 0 Å².